The van der Waals surface area contributed by atoms with E-state index in [0.29, 0.717) is 11.1 Å². The number of nitro benzene ring substituents is 1. The molecule has 6 heteroatoms. The highest BCUT2D eigenvalue weighted by atomic mass is 35.5. The van der Waals surface area contributed by atoms with E-state index in [1.807, 2.05) is 6.07 Å². The van der Waals surface area contributed by atoms with Crippen molar-refractivity contribution in [2.24, 2.45) is 0 Å². The lowest BCUT2D eigenvalue weighted by molar-refractivity contribution is -0.384. The summed E-state index contributed by atoms with van der Waals surface area (Å²) >= 11 is 6.31. The van der Waals surface area contributed by atoms with Gasteiger partial charge < -0.3 is 0 Å². The molecular formula is C14H8ClFN2O2. The fraction of sp³-hybridized carbons (Fsp3) is 0.0714. The summed E-state index contributed by atoms with van der Waals surface area (Å²) in [7, 11) is 0. The Labute approximate surface area is 119 Å². The summed E-state index contributed by atoms with van der Waals surface area (Å²) in [4.78, 5) is 8.56. The third kappa shape index (κ3) is 2.46. The fourth-order valence-corrected chi connectivity index (χ4v) is 2.04. The van der Waals surface area contributed by atoms with Gasteiger partial charge in [-0.05, 0) is 35.4 Å². The minimum absolute atomic E-state index is 0.0928. The number of alkyl halides is 1. The minimum Gasteiger partial charge on any atom is -0.258 e. The molecule has 0 aliphatic rings. The first-order valence-electron chi connectivity index (χ1n) is 5.58. The summed E-state index contributed by atoms with van der Waals surface area (Å²) in [6.45, 7) is 0. The number of halogens is 2. The number of hydrogen-bond acceptors (Lipinski definition) is 3. The van der Waals surface area contributed by atoms with Gasteiger partial charge in [-0.1, -0.05) is 23.7 Å². The van der Waals surface area contributed by atoms with Gasteiger partial charge in [0, 0.05) is 12.1 Å². The molecule has 20 heavy (non-hydrogen) atoms. The summed E-state index contributed by atoms with van der Waals surface area (Å²) in [6.07, 6.45) is 0. The standard InChI is InChI=1S/C14H8ClFN2O2/c15-14(9-17,10-1-5-12(16)6-2-10)11-3-7-13(8-4-11)18(19)20/h1-8H. The van der Waals surface area contributed by atoms with Crippen molar-refractivity contribution in [3.05, 3.63) is 75.6 Å². The Bertz CT molecular complexity index is 680. The van der Waals surface area contributed by atoms with Crippen LogP contribution in [-0.4, -0.2) is 4.92 Å². The topological polar surface area (TPSA) is 66.9 Å². The zero-order valence-electron chi connectivity index (χ0n) is 10.1. The quantitative estimate of drug-likeness (QED) is 0.491. The van der Waals surface area contributed by atoms with E-state index in [0.717, 1.165) is 0 Å². The number of hydrogen-bond donors (Lipinski definition) is 0. The van der Waals surface area contributed by atoms with Crippen LogP contribution in [0.1, 0.15) is 11.1 Å². The second-order valence-corrected chi connectivity index (χ2v) is 4.65. The molecule has 2 rings (SSSR count). The minimum atomic E-state index is -1.51. The van der Waals surface area contributed by atoms with Gasteiger partial charge in [0.1, 0.15) is 5.82 Å². The lowest BCUT2D eigenvalue weighted by Gasteiger charge is -2.19. The maximum atomic E-state index is 12.9. The molecule has 1 unspecified atom stereocenters. The van der Waals surface area contributed by atoms with Gasteiger partial charge in [0.15, 0.2) is 4.87 Å². The van der Waals surface area contributed by atoms with Crippen LogP contribution in [0.5, 0.6) is 0 Å². The van der Waals surface area contributed by atoms with Gasteiger partial charge >= 0.3 is 0 Å². The zero-order valence-corrected chi connectivity index (χ0v) is 10.8. The second kappa shape index (κ2) is 5.27. The van der Waals surface area contributed by atoms with Crippen molar-refractivity contribution in [1.29, 1.82) is 5.26 Å². The molecule has 2 aromatic rings. The van der Waals surface area contributed by atoms with E-state index < -0.39 is 15.6 Å². The first-order chi connectivity index (χ1) is 9.47. The normalized spacial score (nSPS) is 13.2. The van der Waals surface area contributed by atoms with Crippen LogP contribution in [0.2, 0.25) is 0 Å². The molecule has 0 radical (unpaired) electrons. The van der Waals surface area contributed by atoms with Crippen molar-refractivity contribution >= 4 is 17.3 Å². The van der Waals surface area contributed by atoms with Crippen molar-refractivity contribution in [2.45, 2.75) is 4.87 Å². The number of nitro groups is 1. The first kappa shape index (κ1) is 14.0. The van der Waals surface area contributed by atoms with Crippen LogP contribution < -0.4 is 0 Å². The molecule has 4 nitrogen and oxygen atoms in total. The molecule has 0 aliphatic carbocycles. The molecule has 0 aromatic heterocycles. The number of rotatable bonds is 3. The molecule has 0 amide bonds. The van der Waals surface area contributed by atoms with Crippen LogP contribution >= 0.6 is 11.6 Å². The van der Waals surface area contributed by atoms with E-state index >= 15 is 0 Å². The third-order valence-electron chi connectivity index (χ3n) is 2.87. The molecule has 0 saturated heterocycles. The SMILES string of the molecule is N#CC(Cl)(c1ccc(F)cc1)c1ccc([N+](=O)[O-])cc1. The zero-order chi connectivity index (χ0) is 14.8. The van der Waals surface area contributed by atoms with Gasteiger partial charge in [-0.15, -0.1) is 0 Å². The van der Waals surface area contributed by atoms with Crippen molar-refractivity contribution < 1.29 is 9.31 Å². The van der Waals surface area contributed by atoms with Gasteiger partial charge in [0.05, 0.1) is 11.0 Å². The van der Waals surface area contributed by atoms with Crippen LogP contribution in [0.15, 0.2) is 48.5 Å². The fourth-order valence-electron chi connectivity index (χ4n) is 1.79. The maximum absolute atomic E-state index is 12.9. The van der Waals surface area contributed by atoms with Crippen molar-refractivity contribution in [2.75, 3.05) is 0 Å². The average molecular weight is 291 g/mol. The number of benzene rings is 2. The van der Waals surface area contributed by atoms with Crippen LogP contribution in [0.25, 0.3) is 0 Å². The lowest BCUT2D eigenvalue weighted by Crippen LogP contribution is -2.18. The van der Waals surface area contributed by atoms with E-state index in [-0.39, 0.29) is 5.69 Å². The van der Waals surface area contributed by atoms with Crippen LogP contribution in [-0.2, 0) is 4.87 Å². The molecule has 0 bridgehead atoms. The third-order valence-corrected chi connectivity index (χ3v) is 3.39. The molecule has 0 aliphatic heterocycles. The molecule has 1 atom stereocenters. The van der Waals surface area contributed by atoms with Gasteiger partial charge in [-0.2, -0.15) is 5.26 Å². The van der Waals surface area contributed by atoms with E-state index in [1.54, 1.807) is 0 Å². The highest BCUT2D eigenvalue weighted by Gasteiger charge is 2.32. The summed E-state index contributed by atoms with van der Waals surface area (Å²) in [5.41, 5.74) is 0.695. The number of nitriles is 1. The van der Waals surface area contributed by atoms with Crippen molar-refractivity contribution in [3.8, 4) is 6.07 Å². The maximum Gasteiger partial charge on any atom is 0.269 e. The smallest absolute Gasteiger partial charge is 0.258 e. The molecule has 0 N–H and O–H groups in total. The summed E-state index contributed by atoms with van der Waals surface area (Å²) in [5.74, 6) is -0.436. The largest absolute Gasteiger partial charge is 0.269 e. The Morgan fingerprint density at radius 1 is 1.10 bits per heavy atom. The van der Waals surface area contributed by atoms with Gasteiger partial charge in [-0.3, -0.25) is 10.1 Å². The second-order valence-electron chi connectivity index (χ2n) is 4.08. The van der Waals surface area contributed by atoms with E-state index in [4.69, 9.17) is 11.6 Å². The molecule has 0 heterocycles. The van der Waals surface area contributed by atoms with Crippen LogP contribution in [0, 0.1) is 27.3 Å². The Morgan fingerprint density at radius 3 is 1.95 bits per heavy atom. The Kier molecular flexibility index (Phi) is 3.68. The summed E-state index contributed by atoms with van der Waals surface area (Å²) < 4.78 is 12.9. The number of nitrogens with zero attached hydrogens (tertiary/aromatic N) is 2. The van der Waals surface area contributed by atoms with E-state index in [2.05, 4.69) is 0 Å². The van der Waals surface area contributed by atoms with Crippen molar-refractivity contribution in [1.82, 2.24) is 0 Å². The molecule has 2 aromatic carbocycles. The van der Waals surface area contributed by atoms with Gasteiger partial charge in [-0.25, -0.2) is 4.39 Å². The summed E-state index contributed by atoms with van der Waals surface area (Å²) in [6, 6.07) is 12.5. The van der Waals surface area contributed by atoms with Gasteiger partial charge in [0.2, 0.25) is 0 Å². The van der Waals surface area contributed by atoms with Crippen molar-refractivity contribution in [3.63, 3.8) is 0 Å². The molecule has 100 valence electrons. The molecule has 0 spiro atoms. The Morgan fingerprint density at radius 2 is 1.55 bits per heavy atom. The summed E-state index contributed by atoms with van der Waals surface area (Å²) in [5, 5.41) is 19.9. The average Bonchev–Trinajstić information content (AvgIpc) is 2.47. The first-order valence-corrected chi connectivity index (χ1v) is 5.96. The molecular weight excluding hydrogens is 283 g/mol. The van der Waals surface area contributed by atoms with E-state index in [9.17, 15) is 19.8 Å². The monoisotopic (exact) mass is 290 g/mol. The highest BCUT2D eigenvalue weighted by molar-refractivity contribution is 6.28. The molecule has 0 saturated carbocycles. The molecule has 0 fully saturated rings. The number of non-ortho nitro benzene ring substituents is 1. The van der Waals surface area contributed by atoms with Crippen LogP contribution in [0.3, 0.4) is 0 Å². The van der Waals surface area contributed by atoms with E-state index in [1.165, 1.54) is 48.5 Å². The highest BCUT2D eigenvalue weighted by Crippen LogP contribution is 2.36. The predicted molar refractivity (Wildman–Crippen MR) is 71.7 cm³/mol. The predicted octanol–water partition coefficient (Wildman–Crippen LogP) is 3.74. The van der Waals surface area contributed by atoms with Gasteiger partial charge in [0.25, 0.3) is 5.69 Å². The Hall–Kier alpha value is -2.45. The lowest BCUT2D eigenvalue weighted by atomic mass is 9.91. The van der Waals surface area contributed by atoms with Crippen LogP contribution in [0.4, 0.5) is 10.1 Å². The Balaban J connectivity index is 2.48.